The lowest BCUT2D eigenvalue weighted by Gasteiger charge is -2.21. The largest absolute Gasteiger partial charge is 0.444 e. The van der Waals surface area contributed by atoms with Gasteiger partial charge in [-0.05, 0) is 45.0 Å². The van der Waals surface area contributed by atoms with Crippen LogP contribution in [-0.2, 0) is 4.74 Å². The van der Waals surface area contributed by atoms with Crippen LogP contribution in [0.15, 0.2) is 30.5 Å². The minimum Gasteiger partial charge on any atom is -0.444 e. The highest BCUT2D eigenvalue weighted by Crippen LogP contribution is 2.27. The number of hydrogen-bond acceptors (Lipinski definition) is 4. The summed E-state index contributed by atoms with van der Waals surface area (Å²) in [5.74, 6) is -0.446. The maximum absolute atomic E-state index is 13.1. The molecule has 1 unspecified atom stereocenters. The molecule has 0 aliphatic rings. The van der Waals surface area contributed by atoms with E-state index in [2.05, 4.69) is 15.5 Å². The van der Waals surface area contributed by atoms with E-state index in [4.69, 9.17) is 10.5 Å². The molecule has 6 nitrogen and oxygen atoms in total. The number of hydrogen-bond donors (Lipinski definition) is 3. The van der Waals surface area contributed by atoms with Crippen LogP contribution in [0.4, 0.5) is 9.18 Å². The number of nitrogens with two attached hydrogens (primary N) is 1. The van der Waals surface area contributed by atoms with Crippen molar-refractivity contribution in [3.8, 4) is 11.3 Å². The molecule has 1 heterocycles. The summed E-state index contributed by atoms with van der Waals surface area (Å²) in [5, 5.41) is 9.69. The van der Waals surface area contributed by atoms with E-state index in [-0.39, 0.29) is 11.7 Å². The van der Waals surface area contributed by atoms with E-state index in [1.165, 1.54) is 12.1 Å². The van der Waals surface area contributed by atoms with Gasteiger partial charge in [-0.25, -0.2) is 9.18 Å². The molecule has 4 N–H and O–H groups in total. The summed E-state index contributed by atoms with van der Waals surface area (Å²) < 4.78 is 18.3. The average Bonchev–Trinajstić information content (AvgIpc) is 2.96. The Morgan fingerprint density at radius 2 is 2.04 bits per heavy atom. The summed E-state index contributed by atoms with van der Waals surface area (Å²) in [6.45, 7) is 6.05. The predicted octanol–water partition coefficient (Wildman–Crippen LogP) is 2.78. The lowest BCUT2D eigenvalue weighted by Crippen LogP contribution is -2.36. The van der Waals surface area contributed by atoms with Crippen molar-refractivity contribution >= 4 is 6.09 Å². The molecule has 24 heavy (non-hydrogen) atoms. The monoisotopic (exact) mass is 334 g/mol. The van der Waals surface area contributed by atoms with Gasteiger partial charge >= 0.3 is 6.09 Å². The fourth-order valence-electron chi connectivity index (χ4n) is 2.29. The Morgan fingerprint density at radius 1 is 1.38 bits per heavy atom. The number of rotatable bonds is 5. The topological polar surface area (TPSA) is 93.0 Å². The average molecular weight is 334 g/mol. The zero-order chi connectivity index (χ0) is 17.7. The summed E-state index contributed by atoms with van der Waals surface area (Å²) in [6, 6.07) is 6.11. The summed E-state index contributed by atoms with van der Waals surface area (Å²) in [4.78, 5) is 11.8. The number of H-pyrrole nitrogens is 1. The highest BCUT2D eigenvalue weighted by atomic mass is 19.1. The maximum atomic E-state index is 13.1. The van der Waals surface area contributed by atoms with E-state index >= 15 is 0 Å². The lowest BCUT2D eigenvalue weighted by molar-refractivity contribution is 0.0525. The third-order valence-electron chi connectivity index (χ3n) is 3.42. The van der Waals surface area contributed by atoms with Gasteiger partial charge in [-0.2, -0.15) is 5.10 Å². The van der Waals surface area contributed by atoms with Gasteiger partial charge in [-0.3, -0.25) is 5.10 Å². The molecule has 0 fully saturated rings. The van der Waals surface area contributed by atoms with E-state index in [9.17, 15) is 9.18 Å². The SMILES string of the molecule is CC(C)(C)OC(=O)NCC(CN)c1cn[nH]c1-c1ccc(F)cc1. The molecule has 2 rings (SSSR count). The standard InChI is InChI=1S/C17H23FN4O2/c1-17(2,3)24-16(23)20-9-12(8-19)14-10-21-22-15(14)11-4-6-13(18)7-5-11/h4-7,10,12H,8-9,19H2,1-3H3,(H,20,23)(H,21,22). The molecule has 0 radical (unpaired) electrons. The number of amides is 1. The molecule has 0 saturated carbocycles. The van der Waals surface area contributed by atoms with E-state index < -0.39 is 11.7 Å². The number of halogens is 1. The first-order valence-corrected chi connectivity index (χ1v) is 7.76. The number of aromatic amines is 1. The minimum absolute atomic E-state index is 0.142. The van der Waals surface area contributed by atoms with E-state index in [1.54, 1.807) is 39.1 Å². The number of nitrogens with one attached hydrogen (secondary N) is 2. The molecular formula is C17H23FN4O2. The molecule has 0 aliphatic heterocycles. The predicted molar refractivity (Wildman–Crippen MR) is 90.0 cm³/mol. The summed E-state index contributed by atoms with van der Waals surface area (Å²) in [6.07, 6.45) is 1.18. The number of benzene rings is 1. The second-order valence-corrected chi connectivity index (χ2v) is 6.52. The third-order valence-corrected chi connectivity index (χ3v) is 3.42. The molecule has 0 bridgehead atoms. The number of carbonyl (C=O) groups is 1. The Bertz CT molecular complexity index is 677. The molecular weight excluding hydrogens is 311 g/mol. The zero-order valence-electron chi connectivity index (χ0n) is 14.1. The van der Waals surface area contributed by atoms with Crippen LogP contribution in [-0.4, -0.2) is 35.0 Å². The molecule has 0 spiro atoms. The van der Waals surface area contributed by atoms with Gasteiger partial charge in [-0.15, -0.1) is 0 Å². The van der Waals surface area contributed by atoms with Gasteiger partial charge in [0.2, 0.25) is 0 Å². The van der Waals surface area contributed by atoms with Crippen LogP contribution in [0.3, 0.4) is 0 Å². The van der Waals surface area contributed by atoms with Gasteiger partial charge in [0.25, 0.3) is 0 Å². The Kier molecular flexibility index (Phi) is 5.56. The van der Waals surface area contributed by atoms with Crippen molar-refractivity contribution < 1.29 is 13.9 Å². The zero-order valence-corrected chi connectivity index (χ0v) is 14.1. The fourth-order valence-corrected chi connectivity index (χ4v) is 2.29. The van der Waals surface area contributed by atoms with E-state index in [0.717, 1.165) is 16.8 Å². The quantitative estimate of drug-likeness (QED) is 0.784. The Labute approximate surface area is 140 Å². The Morgan fingerprint density at radius 3 is 2.62 bits per heavy atom. The van der Waals surface area contributed by atoms with Gasteiger partial charge < -0.3 is 15.8 Å². The molecule has 7 heteroatoms. The van der Waals surface area contributed by atoms with Crippen molar-refractivity contribution in [2.45, 2.75) is 32.3 Å². The second kappa shape index (κ2) is 7.44. The minimum atomic E-state index is -0.558. The van der Waals surface area contributed by atoms with E-state index in [0.29, 0.717) is 13.1 Å². The van der Waals surface area contributed by atoms with Crippen LogP contribution in [0.1, 0.15) is 32.3 Å². The van der Waals surface area contributed by atoms with Crippen molar-refractivity contribution in [1.82, 2.24) is 15.5 Å². The summed E-state index contributed by atoms with van der Waals surface area (Å²) in [7, 11) is 0. The number of alkyl carbamates (subject to hydrolysis) is 1. The lowest BCUT2D eigenvalue weighted by atomic mass is 9.96. The summed E-state index contributed by atoms with van der Waals surface area (Å²) in [5.41, 5.74) is 7.72. The highest BCUT2D eigenvalue weighted by Gasteiger charge is 2.20. The summed E-state index contributed by atoms with van der Waals surface area (Å²) >= 11 is 0. The third kappa shape index (κ3) is 4.79. The fraction of sp³-hybridized carbons (Fsp3) is 0.412. The molecule has 1 aromatic heterocycles. The van der Waals surface area contributed by atoms with Gasteiger partial charge in [0.15, 0.2) is 0 Å². The van der Waals surface area contributed by atoms with Crippen LogP contribution in [0.5, 0.6) is 0 Å². The van der Waals surface area contributed by atoms with Crippen LogP contribution >= 0.6 is 0 Å². The first-order chi connectivity index (χ1) is 11.3. The number of aromatic nitrogens is 2. The Hall–Kier alpha value is -2.41. The van der Waals surface area contributed by atoms with Crippen LogP contribution < -0.4 is 11.1 Å². The maximum Gasteiger partial charge on any atom is 0.407 e. The normalized spacial score (nSPS) is 12.7. The van der Waals surface area contributed by atoms with Crippen molar-refractivity contribution in [1.29, 1.82) is 0 Å². The van der Waals surface area contributed by atoms with Gasteiger partial charge in [-0.1, -0.05) is 0 Å². The molecule has 1 aromatic carbocycles. The van der Waals surface area contributed by atoms with Crippen LogP contribution in [0, 0.1) is 5.82 Å². The molecule has 130 valence electrons. The number of ether oxygens (including phenoxy) is 1. The highest BCUT2D eigenvalue weighted by molar-refractivity contribution is 5.68. The van der Waals surface area contributed by atoms with Gasteiger partial charge in [0.05, 0.1) is 11.9 Å². The van der Waals surface area contributed by atoms with Crippen molar-refractivity contribution in [3.63, 3.8) is 0 Å². The Balaban J connectivity index is 2.10. The number of carbonyl (C=O) groups excluding carboxylic acids is 1. The van der Waals surface area contributed by atoms with Crippen molar-refractivity contribution in [2.75, 3.05) is 13.1 Å². The molecule has 1 amide bonds. The van der Waals surface area contributed by atoms with Crippen LogP contribution in [0.25, 0.3) is 11.3 Å². The van der Waals surface area contributed by atoms with E-state index in [1.807, 2.05) is 0 Å². The van der Waals surface area contributed by atoms with Gasteiger partial charge in [0, 0.05) is 30.1 Å². The van der Waals surface area contributed by atoms with Gasteiger partial charge in [0.1, 0.15) is 11.4 Å². The molecule has 1 atom stereocenters. The molecule has 0 saturated heterocycles. The first-order valence-electron chi connectivity index (χ1n) is 7.76. The van der Waals surface area contributed by atoms with Crippen molar-refractivity contribution in [2.24, 2.45) is 5.73 Å². The van der Waals surface area contributed by atoms with Crippen molar-refractivity contribution in [3.05, 3.63) is 41.8 Å². The number of nitrogens with zero attached hydrogens (tertiary/aromatic N) is 1. The second-order valence-electron chi connectivity index (χ2n) is 6.52. The first kappa shape index (κ1) is 17.9. The smallest absolute Gasteiger partial charge is 0.407 e. The molecule has 0 aliphatic carbocycles. The van der Waals surface area contributed by atoms with Crippen LogP contribution in [0.2, 0.25) is 0 Å². The molecule has 2 aromatic rings.